The number of halogens is 1. The van der Waals surface area contributed by atoms with Gasteiger partial charge >= 0.3 is 0 Å². The maximum absolute atomic E-state index is 13.5. The molecule has 1 unspecified atom stereocenters. The minimum Gasteiger partial charge on any atom is -0.366 e. The number of rotatable bonds is 5. The Morgan fingerprint density at radius 1 is 1.53 bits per heavy atom. The van der Waals surface area contributed by atoms with Crippen LogP contribution >= 0.6 is 11.8 Å². The summed E-state index contributed by atoms with van der Waals surface area (Å²) in [5.41, 5.74) is 0. The zero-order valence-electron chi connectivity index (χ0n) is 9.87. The van der Waals surface area contributed by atoms with Gasteiger partial charge in [0.1, 0.15) is 0 Å². The van der Waals surface area contributed by atoms with Gasteiger partial charge in [-0.2, -0.15) is 16.7 Å². The fraction of sp³-hybridized carbons (Fsp3) is 0.636. The van der Waals surface area contributed by atoms with Crippen LogP contribution in [0.15, 0.2) is 6.20 Å². The zero-order valence-corrected chi connectivity index (χ0v) is 10.7. The second-order valence-corrected chi connectivity index (χ2v) is 5.34. The average molecular weight is 256 g/mol. The van der Waals surface area contributed by atoms with Gasteiger partial charge in [-0.15, -0.1) is 0 Å². The van der Waals surface area contributed by atoms with Gasteiger partial charge in [-0.3, -0.25) is 0 Å². The van der Waals surface area contributed by atoms with Crippen LogP contribution in [-0.2, 0) is 0 Å². The van der Waals surface area contributed by atoms with Crippen LogP contribution in [0.25, 0.3) is 0 Å². The summed E-state index contributed by atoms with van der Waals surface area (Å²) in [6, 6.07) is 0. The Morgan fingerprint density at radius 2 is 2.41 bits per heavy atom. The number of aromatic nitrogens is 2. The van der Waals surface area contributed by atoms with E-state index in [1.165, 1.54) is 24.8 Å². The van der Waals surface area contributed by atoms with Crippen molar-refractivity contribution in [1.29, 1.82) is 0 Å². The van der Waals surface area contributed by atoms with E-state index in [2.05, 4.69) is 20.6 Å². The Labute approximate surface area is 105 Å². The lowest BCUT2D eigenvalue weighted by Crippen LogP contribution is -2.16. The lowest BCUT2D eigenvalue weighted by atomic mass is 10.2. The topological polar surface area (TPSA) is 49.8 Å². The van der Waals surface area contributed by atoms with E-state index in [1.807, 2.05) is 18.7 Å². The van der Waals surface area contributed by atoms with Gasteiger partial charge in [-0.05, 0) is 25.5 Å². The van der Waals surface area contributed by atoms with E-state index < -0.39 is 5.82 Å². The van der Waals surface area contributed by atoms with Crippen molar-refractivity contribution in [2.75, 3.05) is 29.5 Å². The van der Waals surface area contributed by atoms with Crippen molar-refractivity contribution in [1.82, 2.24) is 9.97 Å². The van der Waals surface area contributed by atoms with Crippen molar-refractivity contribution >= 4 is 23.5 Å². The molecular formula is C11H17FN4S. The molecule has 2 rings (SSSR count). The number of nitrogens with zero attached hydrogens (tertiary/aromatic N) is 2. The van der Waals surface area contributed by atoms with Crippen molar-refractivity contribution < 1.29 is 4.39 Å². The van der Waals surface area contributed by atoms with Crippen LogP contribution < -0.4 is 10.6 Å². The summed E-state index contributed by atoms with van der Waals surface area (Å²) < 4.78 is 13.5. The van der Waals surface area contributed by atoms with Crippen LogP contribution in [0.5, 0.6) is 0 Å². The van der Waals surface area contributed by atoms with Gasteiger partial charge < -0.3 is 10.6 Å². The van der Waals surface area contributed by atoms with Crippen molar-refractivity contribution in [3.63, 3.8) is 0 Å². The van der Waals surface area contributed by atoms with Crippen LogP contribution in [0, 0.1) is 5.82 Å². The summed E-state index contributed by atoms with van der Waals surface area (Å²) in [6.07, 6.45) is 3.66. The molecule has 1 aliphatic heterocycles. The summed E-state index contributed by atoms with van der Waals surface area (Å²) >= 11 is 1.94. The predicted octanol–water partition coefficient (Wildman–Crippen LogP) is 2.36. The number of nitrogens with one attached hydrogen (secondary N) is 2. The number of anilines is 2. The first-order valence-electron chi connectivity index (χ1n) is 5.91. The van der Waals surface area contributed by atoms with Gasteiger partial charge in [0.05, 0.1) is 6.20 Å². The highest BCUT2D eigenvalue weighted by Gasteiger charge is 2.16. The molecule has 0 amide bonds. The van der Waals surface area contributed by atoms with Gasteiger partial charge in [-0.25, -0.2) is 9.37 Å². The molecule has 1 aromatic rings. The first-order valence-corrected chi connectivity index (χ1v) is 6.96. The highest BCUT2D eigenvalue weighted by Crippen LogP contribution is 2.26. The lowest BCUT2D eigenvalue weighted by molar-refractivity contribution is 0.616. The predicted molar refractivity (Wildman–Crippen MR) is 70.1 cm³/mol. The third kappa shape index (κ3) is 3.46. The maximum Gasteiger partial charge on any atom is 0.224 e. The Balaban J connectivity index is 1.95. The van der Waals surface area contributed by atoms with E-state index in [1.54, 1.807) is 0 Å². The fourth-order valence-corrected chi connectivity index (χ4v) is 2.95. The molecule has 0 aromatic carbocycles. The standard InChI is InChI=1S/C11H17FN4S/c1-2-13-11-15-7-9(12)10(16-11)14-6-8-4-3-5-17-8/h7-8H,2-6H2,1H3,(H2,13,14,15,16). The van der Waals surface area contributed by atoms with Crippen molar-refractivity contribution in [3.8, 4) is 0 Å². The molecule has 1 aliphatic rings. The van der Waals surface area contributed by atoms with Crippen molar-refractivity contribution in [2.45, 2.75) is 25.0 Å². The van der Waals surface area contributed by atoms with E-state index in [0.29, 0.717) is 17.0 Å². The van der Waals surface area contributed by atoms with Gasteiger partial charge in [0.2, 0.25) is 5.95 Å². The molecule has 17 heavy (non-hydrogen) atoms. The molecule has 0 radical (unpaired) electrons. The lowest BCUT2D eigenvalue weighted by Gasteiger charge is -2.12. The minimum absolute atomic E-state index is 0.295. The molecule has 6 heteroatoms. The molecule has 1 aromatic heterocycles. The Bertz CT molecular complexity index is 368. The van der Waals surface area contributed by atoms with Crippen LogP contribution in [0.4, 0.5) is 16.2 Å². The fourth-order valence-electron chi connectivity index (χ4n) is 1.75. The number of hydrogen-bond acceptors (Lipinski definition) is 5. The van der Waals surface area contributed by atoms with E-state index in [4.69, 9.17) is 0 Å². The largest absolute Gasteiger partial charge is 0.366 e. The highest BCUT2D eigenvalue weighted by atomic mass is 32.2. The maximum atomic E-state index is 13.5. The summed E-state index contributed by atoms with van der Waals surface area (Å²) in [6.45, 7) is 3.45. The van der Waals surface area contributed by atoms with Gasteiger partial charge in [-0.1, -0.05) is 0 Å². The molecule has 2 heterocycles. The Kier molecular flexibility index (Phi) is 4.42. The van der Waals surface area contributed by atoms with Gasteiger partial charge in [0, 0.05) is 18.3 Å². The third-order valence-corrected chi connectivity index (χ3v) is 4.00. The summed E-state index contributed by atoms with van der Waals surface area (Å²) in [5.74, 6) is 1.58. The monoisotopic (exact) mass is 256 g/mol. The molecule has 1 atom stereocenters. The third-order valence-electron chi connectivity index (χ3n) is 2.60. The number of thioether (sulfide) groups is 1. The zero-order chi connectivity index (χ0) is 12.1. The first-order chi connectivity index (χ1) is 8.29. The second kappa shape index (κ2) is 6.05. The van der Waals surface area contributed by atoms with Crippen LogP contribution in [-0.4, -0.2) is 34.1 Å². The summed E-state index contributed by atoms with van der Waals surface area (Å²) in [5, 5.41) is 6.61. The van der Waals surface area contributed by atoms with E-state index in [9.17, 15) is 4.39 Å². The summed E-state index contributed by atoms with van der Waals surface area (Å²) in [4.78, 5) is 7.97. The highest BCUT2D eigenvalue weighted by molar-refractivity contribution is 8.00. The second-order valence-electron chi connectivity index (χ2n) is 3.94. The molecule has 0 bridgehead atoms. The molecule has 0 aliphatic carbocycles. The van der Waals surface area contributed by atoms with Gasteiger partial charge in [0.25, 0.3) is 0 Å². The first kappa shape index (κ1) is 12.4. The van der Waals surface area contributed by atoms with E-state index >= 15 is 0 Å². The molecule has 0 saturated carbocycles. The molecule has 94 valence electrons. The molecule has 2 N–H and O–H groups in total. The molecule has 1 saturated heterocycles. The molecule has 0 spiro atoms. The van der Waals surface area contributed by atoms with Crippen LogP contribution in [0.2, 0.25) is 0 Å². The van der Waals surface area contributed by atoms with Crippen molar-refractivity contribution in [2.24, 2.45) is 0 Å². The number of hydrogen-bond donors (Lipinski definition) is 2. The van der Waals surface area contributed by atoms with Crippen LogP contribution in [0.1, 0.15) is 19.8 Å². The van der Waals surface area contributed by atoms with E-state index in [-0.39, 0.29) is 0 Å². The molecule has 4 nitrogen and oxygen atoms in total. The molecule has 1 fully saturated rings. The quantitative estimate of drug-likeness (QED) is 0.847. The van der Waals surface area contributed by atoms with Crippen molar-refractivity contribution in [3.05, 3.63) is 12.0 Å². The normalized spacial score (nSPS) is 19.3. The van der Waals surface area contributed by atoms with Gasteiger partial charge in [0.15, 0.2) is 11.6 Å². The van der Waals surface area contributed by atoms with E-state index in [0.717, 1.165) is 13.1 Å². The summed E-state index contributed by atoms with van der Waals surface area (Å²) in [7, 11) is 0. The van der Waals surface area contributed by atoms with Crippen LogP contribution in [0.3, 0.4) is 0 Å². The smallest absolute Gasteiger partial charge is 0.224 e. The Morgan fingerprint density at radius 3 is 3.12 bits per heavy atom. The minimum atomic E-state index is -0.394. The SMILES string of the molecule is CCNc1ncc(F)c(NCC2CCCS2)n1. The molecular weight excluding hydrogens is 239 g/mol. The Hall–Kier alpha value is -1.04. The average Bonchev–Trinajstić information content (AvgIpc) is 2.83.